The number of nitro benzene ring substituents is 1. The van der Waals surface area contributed by atoms with Gasteiger partial charge in [0.25, 0.3) is 11.6 Å². The average molecular weight is 208 g/mol. The molecule has 0 radical (unpaired) electrons. The normalized spacial score (nSPS) is 23.5. The molecule has 6 nitrogen and oxygen atoms in total. The van der Waals surface area contributed by atoms with Gasteiger partial charge in [-0.05, 0) is 13.0 Å². The van der Waals surface area contributed by atoms with Crippen molar-refractivity contribution in [2.75, 3.05) is 5.32 Å². The molecule has 1 aliphatic heterocycles. The van der Waals surface area contributed by atoms with Crippen LogP contribution in [0.25, 0.3) is 0 Å². The predicted molar refractivity (Wildman–Crippen MR) is 51.3 cm³/mol. The number of nitrogens with zero attached hydrogens (tertiary/aromatic N) is 1. The van der Waals surface area contributed by atoms with Crippen LogP contribution in [0, 0.1) is 10.1 Å². The molecule has 0 aromatic heterocycles. The molecule has 0 fully saturated rings. The Bertz CT molecular complexity index is 467. The number of amides is 1. The van der Waals surface area contributed by atoms with Gasteiger partial charge in [0.05, 0.1) is 4.92 Å². The van der Waals surface area contributed by atoms with Crippen molar-refractivity contribution in [1.29, 1.82) is 0 Å². The molecular formula is C9H8N2O4. The third-order valence-corrected chi connectivity index (χ3v) is 2.43. The van der Waals surface area contributed by atoms with Gasteiger partial charge in [-0.15, -0.1) is 0 Å². The fourth-order valence-electron chi connectivity index (χ4n) is 1.52. The number of benzene rings is 1. The van der Waals surface area contributed by atoms with Crippen molar-refractivity contribution in [1.82, 2.24) is 0 Å². The molecule has 0 unspecified atom stereocenters. The summed E-state index contributed by atoms with van der Waals surface area (Å²) in [5.41, 5.74) is -1.19. The summed E-state index contributed by atoms with van der Waals surface area (Å²) in [4.78, 5) is 21.2. The van der Waals surface area contributed by atoms with E-state index >= 15 is 0 Å². The molecule has 1 atom stereocenters. The molecule has 6 heteroatoms. The second kappa shape index (κ2) is 2.77. The molecule has 1 aromatic rings. The topological polar surface area (TPSA) is 92.5 Å². The van der Waals surface area contributed by atoms with Crippen molar-refractivity contribution < 1.29 is 14.8 Å². The minimum absolute atomic E-state index is 0.148. The van der Waals surface area contributed by atoms with Crippen LogP contribution >= 0.6 is 0 Å². The quantitative estimate of drug-likeness (QED) is 0.526. The van der Waals surface area contributed by atoms with Gasteiger partial charge in [-0.1, -0.05) is 0 Å². The average Bonchev–Trinajstić information content (AvgIpc) is 2.38. The van der Waals surface area contributed by atoms with E-state index in [0.29, 0.717) is 5.69 Å². The highest BCUT2D eigenvalue weighted by atomic mass is 16.6. The van der Waals surface area contributed by atoms with Crippen LogP contribution in [0.1, 0.15) is 12.5 Å². The Kier molecular flexibility index (Phi) is 1.77. The van der Waals surface area contributed by atoms with E-state index in [1.165, 1.54) is 25.1 Å². The van der Waals surface area contributed by atoms with Gasteiger partial charge in [-0.3, -0.25) is 14.9 Å². The van der Waals surface area contributed by atoms with Crippen molar-refractivity contribution in [2.24, 2.45) is 0 Å². The van der Waals surface area contributed by atoms with Gasteiger partial charge in [0.2, 0.25) is 0 Å². The zero-order valence-corrected chi connectivity index (χ0v) is 7.85. The summed E-state index contributed by atoms with van der Waals surface area (Å²) in [5.74, 6) is -0.571. The second-order valence-electron chi connectivity index (χ2n) is 3.51. The summed E-state index contributed by atoms with van der Waals surface area (Å²) in [6.07, 6.45) is 0. The maximum Gasteiger partial charge on any atom is 0.269 e. The summed E-state index contributed by atoms with van der Waals surface area (Å²) in [6.45, 7) is 1.30. The Morgan fingerprint density at radius 3 is 2.80 bits per heavy atom. The standard InChI is InChI=1S/C9H8N2O4/c1-9(13)6-4-5(11(14)15)2-3-7(6)10-8(9)12/h2-4,13H,1H3,(H,10,12)/t9-/m0/s1. The molecular weight excluding hydrogens is 200 g/mol. The first kappa shape index (κ1) is 9.60. The van der Waals surface area contributed by atoms with Crippen LogP contribution in [0.2, 0.25) is 0 Å². The number of nitro groups is 1. The van der Waals surface area contributed by atoms with E-state index in [1.54, 1.807) is 0 Å². The van der Waals surface area contributed by atoms with Gasteiger partial charge in [-0.25, -0.2) is 0 Å². The largest absolute Gasteiger partial charge is 0.375 e. The molecule has 1 aliphatic rings. The number of nitrogens with one attached hydrogen (secondary N) is 1. The van der Waals surface area contributed by atoms with E-state index in [-0.39, 0.29) is 11.3 Å². The Morgan fingerprint density at radius 1 is 1.53 bits per heavy atom. The van der Waals surface area contributed by atoms with E-state index in [9.17, 15) is 20.0 Å². The summed E-state index contributed by atoms with van der Waals surface area (Å²) >= 11 is 0. The summed E-state index contributed by atoms with van der Waals surface area (Å²) in [6, 6.07) is 3.89. The van der Waals surface area contributed by atoms with Gasteiger partial charge >= 0.3 is 0 Å². The first-order valence-corrected chi connectivity index (χ1v) is 4.25. The highest BCUT2D eigenvalue weighted by molar-refractivity contribution is 6.04. The smallest absolute Gasteiger partial charge is 0.269 e. The SMILES string of the molecule is C[C@@]1(O)C(=O)Nc2ccc([N+](=O)[O-])cc21. The molecule has 2 rings (SSSR count). The molecule has 78 valence electrons. The Labute approximate surface area is 84.7 Å². The Balaban J connectivity index is 2.59. The fraction of sp³-hybridized carbons (Fsp3) is 0.222. The van der Waals surface area contributed by atoms with Crippen molar-refractivity contribution in [3.63, 3.8) is 0 Å². The fourth-order valence-corrected chi connectivity index (χ4v) is 1.52. The number of anilines is 1. The van der Waals surface area contributed by atoms with Gasteiger partial charge in [0.1, 0.15) is 0 Å². The molecule has 15 heavy (non-hydrogen) atoms. The lowest BCUT2D eigenvalue weighted by Gasteiger charge is -2.12. The first-order valence-electron chi connectivity index (χ1n) is 4.25. The number of hydrogen-bond acceptors (Lipinski definition) is 4. The van der Waals surface area contributed by atoms with Gasteiger partial charge in [0.15, 0.2) is 5.60 Å². The highest BCUT2D eigenvalue weighted by Gasteiger charge is 2.41. The zero-order chi connectivity index (χ0) is 11.2. The van der Waals surface area contributed by atoms with Crippen molar-refractivity contribution in [2.45, 2.75) is 12.5 Å². The second-order valence-corrected chi connectivity index (χ2v) is 3.51. The molecule has 1 heterocycles. The van der Waals surface area contributed by atoms with Crippen LogP contribution < -0.4 is 5.32 Å². The molecule has 0 saturated heterocycles. The lowest BCUT2D eigenvalue weighted by Crippen LogP contribution is -2.30. The first-order chi connectivity index (χ1) is 6.93. The minimum Gasteiger partial charge on any atom is -0.375 e. The highest BCUT2D eigenvalue weighted by Crippen LogP contribution is 2.37. The number of carbonyl (C=O) groups excluding carboxylic acids is 1. The van der Waals surface area contributed by atoms with Crippen LogP contribution in [-0.2, 0) is 10.4 Å². The van der Waals surface area contributed by atoms with Gasteiger partial charge in [-0.2, -0.15) is 0 Å². The summed E-state index contributed by atoms with van der Waals surface area (Å²) in [5, 5.41) is 22.7. The maximum absolute atomic E-state index is 11.3. The third kappa shape index (κ3) is 1.26. The zero-order valence-electron chi connectivity index (χ0n) is 7.85. The predicted octanol–water partition coefficient (Wildman–Crippen LogP) is 0.754. The van der Waals surface area contributed by atoms with Crippen molar-refractivity contribution >= 4 is 17.3 Å². The van der Waals surface area contributed by atoms with E-state index in [2.05, 4.69) is 5.32 Å². The van der Waals surface area contributed by atoms with E-state index in [1.807, 2.05) is 0 Å². The maximum atomic E-state index is 11.3. The molecule has 1 amide bonds. The number of carbonyl (C=O) groups is 1. The monoisotopic (exact) mass is 208 g/mol. The van der Waals surface area contributed by atoms with E-state index in [0.717, 1.165) is 0 Å². The van der Waals surface area contributed by atoms with E-state index < -0.39 is 16.4 Å². The molecule has 0 bridgehead atoms. The van der Waals surface area contributed by atoms with Crippen molar-refractivity contribution in [3.05, 3.63) is 33.9 Å². The third-order valence-electron chi connectivity index (χ3n) is 2.43. The van der Waals surface area contributed by atoms with Gasteiger partial charge in [0, 0.05) is 23.4 Å². The minimum atomic E-state index is -1.69. The Morgan fingerprint density at radius 2 is 2.20 bits per heavy atom. The van der Waals surface area contributed by atoms with Crippen LogP contribution in [-0.4, -0.2) is 15.9 Å². The van der Waals surface area contributed by atoms with Gasteiger partial charge < -0.3 is 10.4 Å². The van der Waals surface area contributed by atoms with Crippen LogP contribution in [0.3, 0.4) is 0 Å². The Hall–Kier alpha value is -1.95. The number of fused-ring (bicyclic) bond motifs is 1. The number of non-ortho nitro benzene ring substituents is 1. The lowest BCUT2D eigenvalue weighted by atomic mass is 9.97. The molecule has 0 saturated carbocycles. The molecule has 0 aliphatic carbocycles. The number of hydrogen-bond donors (Lipinski definition) is 2. The van der Waals surface area contributed by atoms with Crippen molar-refractivity contribution in [3.8, 4) is 0 Å². The van der Waals surface area contributed by atoms with Crippen LogP contribution in [0.5, 0.6) is 0 Å². The van der Waals surface area contributed by atoms with E-state index in [4.69, 9.17) is 0 Å². The molecule has 0 spiro atoms. The summed E-state index contributed by atoms with van der Waals surface area (Å²) < 4.78 is 0. The molecule has 2 N–H and O–H groups in total. The van der Waals surface area contributed by atoms with Crippen LogP contribution in [0.4, 0.5) is 11.4 Å². The summed E-state index contributed by atoms with van der Waals surface area (Å²) in [7, 11) is 0. The van der Waals surface area contributed by atoms with Crippen LogP contribution in [0.15, 0.2) is 18.2 Å². The molecule has 1 aromatic carbocycles. The number of rotatable bonds is 1. The number of aliphatic hydroxyl groups is 1. The lowest BCUT2D eigenvalue weighted by molar-refractivity contribution is -0.385.